The second kappa shape index (κ2) is 8.50. The molecule has 158 valence electrons. The van der Waals surface area contributed by atoms with Gasteiger partial charge in [-0.05, 0) is 60.8 Å². The van der Waals surface area contributed by atoms with Gasteiger partial charge in [0.2, 0.25) is 10.0 Å². The predicted octanol–water partition coefficient (Wildman–Crippen LogP) is 3.49. The van der Waals surface area contributed by atoms with Crippen LogP contribution in [0.1, 0.15) is 50.3 Å². The minimum Gasteiger partial charge on any atom is -0.497 e. The van der Waals surface area contributed by atoms with Crippen LogP contribution in [0.5, 0.6) is 5.75 Å². The molecule has 3 aliphatic rings. The first-order valence-electron chi connectivity index (χ1n) is 10.3. The van der Waals surface area contributed by atoms with E-state index in [1.807, 2.05) is 24.2 Å². The molecule has 1 aromatic rings. The van der Waals surface area contributed by atoms with Crippen LogP contribution in [0.25, 0.3) is 0 Å². The lowest BCUT2D eigenvalue weighted by Crippen LogP contribution is -2.57. The van der Waals surface area contributed by atoms with Crippen LogP contribution in [-0.2, 0) is 16.4 Å². The van der Waals surface area contributed by atoms with E-state index in [4.69, 9.17) is 4.74 Å². The molecule has 0 radical (unpaired) electrons. The maximum Gasteiger partial charge on any atom is 0.214 e. The average Bonchev–Trinajstić information content (AvgIpc) is 2.64. The van der Waals surface area contributed by atoms with Gasteiger partial charge in [-0.25, -0.2) is 8.42 Å². The lowest BCUT2D eigenvalue weighted by molar-refractivity contribution is 0.0219. The summed E-state index contributed by atoms with van der Waals surface area (Å²) >= 11 is 0. The first-order valence-corrected chi connectivity index (χ1v) is 11.9. The Morgan fingerprint density at radius 2 is 2.04 bits per heavy atom. The highest BCUT2D eigenvalue weighted by Crippen LogP contribution is 2.44. The molecule has 2 fully saturated rings. The second-order valence-electron chi connectivity index (χ2n) is 8.81. The molecule has 5 nitrogen and oxygen atoms in total. The van der Waals surface area contributed by atoms with Crippen molar-refractivity contribution in [1.29, 1.82) is 0 Å². The van der Waals surface area contributed by atoms with E-state index in [0.29, 0.717) is 18.5 Å². The molecular weight excluding hydrogens is 396 g/mol. The Morgan fingerprint density at radius 3 is 2.75 bits per heavy atom. The zero-order chi connectivity index (χ0) is 19.2. The van der Waals surface area contributed by atoms with Gasteiger partial charge in [0.1, 0.15) is 5.75 Å². The Labute approximate surface area is 175 Å². The number of piperidine rings is 2. The normalized spacial score (nSPS) is 28.1. The number of benzene rings is 1. The SMILES string of the molecule is COc1ccc2c(c1)CCN1C[C@H]3CCCN(S(=O)(=O)CC(C)C)[C@H]3C[C@@H]21.Cl. The minimum atomic E-state index is -3.18. The van der Waals surface area contributed by atoms with Gasteiger partial charge in [0.25, 0.3) is 0 Å². The molecule has 0 spiro atoms. The summed E-state index contributed by atoms with van der Waals surface area (Å²) in [5.74, 6) is 1.81. The molecule has 2 saturated heterocycles. The van der Waals surface area contributed by atoms with E-state index in [0.717, 1.165) is 44.5 Å². The molecule has 7 heteroatoms. The molecule has 28 heavy (non-hydrogen) atoms. The van der Waals surface area contributed by atoms with Gasteiger partial charge in [0.15, 0.2) is 0 Å². The lowest BCUT2D eigenvalue weighted by atomic mass is 9.77. The minimum absolute atomic E-state index is 0. The van der Waals surface area contributed by atoms with Crippen molar-refractivity contribution in [2.45, 2.75) is 51.6 Å². The van der Waals surface area contributed by atoms with Crippen molar-refractivity contribution in [3.8, 4) is 5.75 Å². The highest BCUT2D eigenvalue weighted by Gasteiger charge is 2.45. The van der Waals surface area contributed by atoms with E-state index in [1.165, 1.54) is 11.1 Å². The van der Waals surface area contributed by atoms with E-state index in [2.05, 4.69) is 17.0 Å². The zero-order valence-electron chi connectivity index (χ0n) is 17.1. The van der Waals surface area contributed by atoms with Crippen molar-refractivity contribution in [3.63, 3.8) is 0 Å². The number of ether oxygens (including phenoxy) is 1. The number of nitrogens with zero attached hydrogens (tertiary/aromatic N) is 2. The topological polar surface area (TPSA) is 49.9 Å². The van der Waals surface area contributed by atoms with Gasteiger partial charge in [-0.3, -0.25) is 4.90 Å². The van der Waals surface area contributed by atoms with Gasteiger partial charge in [0, 0.05) is 31.7 Å². The van der Waals surface area contributed by atoms with Crippen LogP contribution in [-0.4, -0.2) is 56.2 Å². The summed E-state index contributed by atoms with van der Waals surface area (Å²) in [4.78, 5) is 2.59. The molecule has 3 heterocycles. The second-order valence-corrected chi connectivity index (χ2v) is 10.8. The molecule has 0 aliphatic carbocycles. The van der Waals surface area contributed by atoms with Gasteiger partial charge >= 0.3 is 0 Å². The largest absolute Gasteiger partial charge is 0.497 e. The summed E-state index contributed by atoms with van der Waals surface area (Å²) in [5, 5.41) is 0. The Hall–Kier alpha value is -0.820. The van der Waals surface area contributed by atoms with Crippen molar-refractivity contribution in [1.82, 2.24) is 9.21 Å². The third kappa shape index (κ3) is 4.07. The van der Waals surface area contributed by atoms with Gasteiger partial charge < -0.3 is 4.74 Å². The summed E-state index contributed by atoms with van der Waals surface area (Å²) < 4.78 is 33.3. The zero-order valence-corrected chi connectivity index (χ0v) is 18.8. The molecule has 4 rings (SSSR count). The van der Waals surface area contributed by atoms with Crippen molar-refractivity contribution < 1.29 is 13.2 Å². The predicted molar refractivity (Wildman–Crippen MR) is 115 cm³/mol. The van der Waals surface area contributed by atoms with Crippen LogP contribution in [0.15, 0.2) is 18.2 Å². The number of hydrogen-bond acceptors (Lipinski definition) is 4. The van der Waals surface area contributed by atoms with Crippen LogP contribution in [0.2, 0.25) is 0 Å². The summed E-state index contributed by atoms with van der Waals surface area (Å²) in [6, 6.07) is 6.88. The number of halogens is 1. The summed E-state index contributed by atoms with van der Waals surface area (Å²) in [6.45, 7) is 6.76. The van der Waals surface area contributed by atoms with Crippen molar-refractivity contribution >= 4 is 22.4 Å². The molecule has 0 N–H and O–H groups in total. The Bertz CT molecular complexity index is 799. The summed E-state index contributed by atoms with van der Waals surface area (Å²) in [5.41, 5.74) is 2.73. The quantitative estimate of drug-likeness (QED) is 0.736. The van der Waals surface area contributed by atoms with E-state index in [9.17, 15) is 8.42 Å². The monoisotopic (exact) mass is 428 g/mol. The number of hydrogen-bond donors (Lipinski definition) is 0. The molecule has 3 aliphatic heterocycles. The maximum absolute atomic E-state index is 13.0. The van der Waals surface area contributed by atoms with E-state index >= 15 is 0 Å². The van der Waals surface area contributed by atoms with Gasteiger partial charge in [0.05, 0.1) is 12.9 Å². The number of sulfonamides is 1. The van der Waals surface area contributed by atoms with Crippen molar-refractivity contribution in [2.24, 2.45) is 11.8 Å². The van der Waals surface area contributed by atoms with Crippen LogP contribution in [0, 0.1) is 11.8 Å². The molecule has 0 bridgehead atoms. The van der Waals surface area contributed by atoms with E-state index < -0.39 is 10.0 Å². The van der Waals surface area contributed by atoms with Crippen LogP contribution < -0.4 is 4.74 Å². The lowest BCUT2D eigenvalue weighted by Gasteiger charge is -2.51. The van der Waals surface area contributed by atoms with Crippen molar-refractivity contribution in [3.05, 3.63) is 29.3 Å². The molecule has 0 unspecified atom stereocenters. The highest BCUT2D eigenvalue weighted by molar-refractivity contribution is 7.89. The van der Waals surface area contributed by atoms with Crippen molar-refractivity contribution in [2.75, 3.05) is 32.5 Å². The van der Waals surface area contributed by atoms with Gasteiger partial charge in [-0.1, -0.05) is 19.9 Å². The summed E-state index contributed by atoms with van der Waals surface area (Å²) in [6.07, 6.45) is 4.11. The van der Waals surface area contributed by atoms with Crippen LogP contribution in [0.4, 0.5) is 0 Å². The fourth-order valence-electron chi connectivity index (χ4n) is 5.38. The standard InChI is InChI=1S/C21H32N2O3S.ClH/c1-15(2)14-27(24,25)23-9-4-5-17-13-22-10-8-16-11-18(26-3)6-7-19(16)21(22)12-20(17)23;/h6-7,11,15,17,20-21H,4-5,8-10,12-14H2,1-3H3;1H/t17-,20+,21+;/m1./s1. The van der Waals surface area contributed by atoms with E-state index in [-0.39, 0.29) is 30.1 Å². The third-order valence-electron chi connectivity index (χ3n) is 6.52. The number of fused-ring (bicyclic) bond motifs is 4. The van der Waals surface area contributed by atoms with Gasteiger partial charge in [-0.2, -0.15) is 4.31 Å². The smallest absolute Gasteiger partial charge is 0.214 e. The summed E-state index contributed by atoms with van der Waals surface area (Å²) in [7, 11) is -1.47. The molecular formula is C21H33ClN2O3S. The molecule has 1 aromatic carbocycles. The fourth-order valence-corrected chi connectivity index (χ4v) is 7.49. The average molecular weight is 429 g/mol. The Morgan fingerprint density at radius 1 is 1.25 bits per heavy atom. The maximum atomic E-state index is 13.0. The molecule has 0 aromatic heterocycles. The highest BCUT2D eigenvalue weighted by atomic mass is 35.5. The van der Waals surface area contributed by atoms with Crippen LogP contribution >= 0.6 is 12.4 Å². The van der Waals surface area contributed by atoms with Crippen LogP contribution in [0.3, 0.4) is 0 Å². The molecule has 3 atom stereocenters. The fraction of sp³-hybridized carbons (Fsp3) is 0.714. The number of methoxy groups -OCH3 is 1. The Kier molecular flexibility index (Phi) is 6.64. The first kappa shape index (κ1) is 21.9. The molecule has 0 amide bonds. The van der Waals surface area contributed by atoms with E-state index in [1.54, 1.807) is 7.11 Å². The molecule has 0 saturated carbocycles. The number of rotatable bonds is 4. The third-order valence-corrected chi connectivity index (χ3v) is 8.78. The Balaban J connectivity index is 0.00000225. The first-order chi connectivity index (χ1) is 12.9. The van der Waals surface area contributed by atoms with Gasteiger partial charge in [-0.15, -0.1) is 12.4 Å².